The Bertz CT molecular complexity index is 1350. The van der Waals surface area contributed by atoms with Crippen molar-refractivity contribution in [2.24, 2.45) is 5.92 Å². The maximum Gasteiger partial charge on any atom is 0.253 e. The molecule has 1 saturated heterocycles. The van der Waals surface area contributed by atoms with Crippen LogP contribution in [-0.4, -0.2) is 67.9 Å². The van der Waals surface area contributed by atoms with Gasteiger partial charge in [0.2, 0.25) is 0 Å². The second-order valence-electron chi connectivity index (χ2n) is 11.2. The van der Waals surface area contributed by atoms with E-state index in [1.807, 2.05) is 12.3 Å². The van der Waals surface area contributed by atoms with E-state index >= 15 is 0 Å². The highest BCUT2D eigenvalue weighted by molar-refractivity contribution is 5.89. The molecular weight excluding hydrogens is 498 g/mol. The number of carbonyl (C=O) groups excluding carboxylic acids is 1. The minimum Gasteiger partial charge on any atom is -0.385 e. The summed E-state index contributed by atoms with van der Waals surface area (Å²) in [6.07, 6.45) is 9.03. The Balaban J connectivity index is 1.37. The molecule has 3 aliphatic rings. The maximum atomic E-state index is 13.7. The molecule has 2 aliphatic carbocycles. The SMILES string of the molecule is COCCCC1C=C(CN(C(=O)[C@H]2CNCCO2)C2CC2)c2c(-c3cccc(-c4ccccc4)c3)ccnc2C1. The summed E-state index contributed by atoms with van der Waals surface area (Å²) in [5.41, 5.74) is 8.28. The number of allylic oxidation sites excluding steroid dienone is 1. The minimum atomic E-state index is -0.411. The Labute approximate surface area is 237 Å². The molecule has 1 N–H and O–H groups in total. The number of aromatic nitrogens is 1. The van der Waals surface area contributed by atoms with E-state index in [4.69, 9.17) is 14.5 Å². The molecule has 40 heavy (non-hydrogen) atoms. The van der Waals surface area contributed by atoms with E-state index in [9.17, 15) is 4.79 Å². The number of hydrogen-bond donors (Lipinski definition) is 1. The first-order chi connectivity index (χ1) is 19.7. The molecule has 1 unspecified atom stereocenters. The molecule has 6 rings (SSSR count). The number of morpholine rings is 1. The first kappa shape index (κ1) is 26.9. The molecule has 1 aromatic heterocycles. The van der Waals surface area contributed by atoms with Gasteiger partial charge >= 0.3 is 0 Å². The van der Waals surface area contributed by atoms with Crippen LogP contribution in [0, 0.1) is 5.92 Å². The van der Waals surface area contributed by atoms with Crippen LogP contribution in [0.2, 0.25) is 0 Å². The maximum absolute atomic E-state index is 13.7. The number of nitrogens with one attached hydrogen (secondary N) is 1. The van der Waals surface area contributed by atoms with Crippen LogP contribution in [0.5, 0.6) is 0 Å². The highest BCUT2D eigenvalue weighted by Gasteiger charge is 2.38. The Kier molecular flexibility index (Phi) is 8.37. The van der Waals surface area contributed by atoms with E-state index in [1.165, 1.54) is 33.4 Å². The summed E-state index contributed by atoms with van der Waals surface area (Å²) in [5.74, 6) is 0.481. The molecule has 1 saturated carbocycles. The predicted octanol–water partition coefficient (Wildman–Crippen LogP) is 5.38. The molecule has 6 nitrogen and oxygen atoms in total. The van der Waals surface area contributed by atoms with Gasteiger partial charge in [0, 0.05) is 56.8 Å². The molecule has 0 bridgehead atoms. The first-order valence-corrected chi connectivity index (χ1v) is 14.7. The summed E-state index contributed by atoms with van der Waals surface area (Å²) in [6, 6.07) is 21.7. The molecule has 2 aromatic carbocycles. The average Bonchev–Trinajstić information content (AvgIpc) is 3.86. The Hall–Kier alpha value is -3.32. The molecule has 0 radical (unpaired) electrons. The Morgan fingerprint density at radius 2 is 1.90 bits per heavy atom. The van der Waals surface area contributed by atoms with Crippen LogP contribution in [0.15, 0.2) is 72.9 Å². The van der Waals surface area contributed by atoms with E-state index < -0.39 is 6.10 Å². The van der Waals surface area contributed by atoms with E-state index in [0.717, 1.165) is 50.9 Å². The van der Waals surface area contributed by atoms with E-state index in [2.05, 4.69) is 70.9 Å². The van der Waals surface area contributed by atoms with Gasteiger partial charge in [-0.1, -0.05) is 54.6 Å². The predicted molar refractivity (Wildman–Crippen MR) is 159 cm³/mol. The summed E-state index contributed by atoms with van der Waals surface area (Å²) in [7, 11) is 1.76. The first-order valence-electron chi connectivity index (χ1n) is 14.7. The number of hydrogen-bond acceptors (Lipinski definition) is 5. The molecule has 2 heterocycles. The van der Waals surface area contributed by atoms with E-state index in [0.29, 0.717) is 25.6 Å². The lowest BCUT2D eigenvalue weighted by atomic mass is 9.81. The van der Waals surface area contributed by atoms with Crippen molar-refractivity contribution in [3.8, 4) is 22.3 Å². The van der Waals surface area contributed by atoms with E-state index in [1.54, 1.807) is 7.11 Å². The number of fused-ring (bicyclic) bond motifs is 1. The van der Waals surface area contributed by atoms with Gasteiger partial charge in [-0.15, -0.1) is 0 Å². The van der Waals surface area contributed by atoms with Crippen molar-refractivity contribution in [3.05, 3.63) is 84.2 Å². The van der Waals surface area contributed by atoms with Crippen LogP contribution in [0.25, 0.3) is 27.8 Å². The fourth-order valence-corrected chi connectivity index (χ4v) is 6.10. The zero-order valence-electron chi connectivity index (χ0n) is 23.4. The van der Waals surface area contributed by atoms with Gasteiger partial charge in [-0.3, -0.25) is 9.78 Å². The summed E-state index contributed by atoms with van der Waals surface area (Å²) in [4.78, 5) is 20.7. The van der Waals surface area contributed by atoms with Crippen LogP contribution in [0.3, 0.4) is 0 Å². The molecule has 1 amide bonds. The third-order valence-electron chi connectivity index (χ3n) is 8.26. The summed E-state index contributed by atoms with van der Waals surface area (Å²) in [6.45, 7) is 3.30. The Morgan fingerprint density at radius 1 is 1.07 bits per heavy atom. The van der Waals surface area contributed by atoms with Crippen molar-refractivity contribution in [1.29, 1.82) is 0 Å². The molecule has 1 aliphatic heterocycles. The fourth-order valence-electron chi connectivity index (χ4n) is 6.10. The third kappa shape index (κ3) is 6.04. The largest absolute Gasteiger partial charge is 0.385 e. The van der Waals surface area contributed by atoms with Crippen molar-refractivity contribution in [3.63, 3.8) is 0 Å². The number of nitrogens with zero attached hydrogens (tertiary/aromatic N) is 2. The number of methoxy groups -OCH3 is 1. The molecule has 2 fully saturated rings. The van der Waals surface area contributed by atoms with Crippen LogP contribution < -0.4 is 5.32 Å². The second-order valence-corrected chi connectivity index (χ2v) is 11.2. The molecule has 208 valence electrons. The Morgan fingerprint density at radius 3 is 2.67 bits per heavy atom. The van der Waals surface area contributed by atoms with Crippen molar-refractivity contribution < 1.29 is 14.3 Å². The van der Waals surface area contributed by atoms with Crippen LogP contribution in [-0.2, 0) is 20.7 Å². The second kappa shape index (κ2) is 12.5. The van der Waals surface area contributed by atoms with Gasteiger partial charge < -0.3 is 19.7 Å². The average molecular weight is 538 g/mol. The highest BCUT2D eigenvalue weighted by atomic mass is 16.5. The van der Waals surface area contributed by atoms with Crippen LogP contribution in [0.1, 0.15) is 36.9 Å². The summed E-state index contributed by atoms with van der Waals surface area (Å²) in [5, 5.41) is 3.33. The number of pyridine rings is 1. The number of amides is 1. The fraction of sp³-hybridized carbons (Fsp3) is 0.412. The molecule has 6 heteroatoms. The molecule has 2 atom stereocenters. The molecular formula is C34H39N3O3. The van der Waals surface area contributed by atoms with Gasteiger partial charge in [0.15, 0.2) is 0 Å². The van der Waals surface area contributed by atoms with Gasteiger partial charge in [-0.05, 0) is 78.0 Å². The van der Waals surface area contributed by atoms with E-state index in [-0.39, 0.29) is 11.9 Å². The monoisotopic (exact) mass is 537 g/mol. The van der Waals surface area contributed by atoms with Crippen molar-refractivity contribution in [2.45, 2.75) is 44.2 Å². The quantitative estimate of drug-likeness (QED) is 0.352. The number of carbonyl (C=O) groups is 1. The standard InChI is InChI=1S/C34H39N3O3/c1-39-17-6-7-24-19-28(23-37(29-12-13-29)34(38)32-22-35-16-18-40-32)33-30(14-15-36-31(33)20-24)27-11-5-10-26(21-27)25-8-3-2-4-9-25/h2-5,8-11,14-15,19,21,24,29,32,35H,6-7,12-13,16-18,20,22-23H2,1H3/t24?,32-/m1/s1. The summed E-state index contributed by atoms with van der Waals surface area (Å²) < 4.78 is 11.2. The summed E-state index contributed by atoms with van der Waals surface area (Å²) >= 11 is 0. The zero-order chi connectivity index (χ0) is 27.3. The highest BCUT2D eigenvalue weighted by Crippen LogP contribution is 2.40. The minimum absolute atomic E-state index is 0.107. The van der Waals surface area contributed by atoms with Gasteiger partial charge in [-0.25, -0.2) is 0 Å². The van der Waals surface area contributed by atoms with Gasteiger partial charge in [0.1, 0.15) is 6.10 Å². The van der Waals surface area contributed by atoms with Crippen molar-refractivity contribution in [1.82, 2.24) is 15.2 Å². The zero-order valence-corrected chi connectivity index (χ0v) is 23.4. The molecule has 0 spiro atoms. The van der Waals surface area contributed by atoms with Crippen LogP contribution in [0.4, 0.5) is 0 Å². The lowest BCUT2D eigenvalue weighted by Crippen LogP contribution is -2.50. The molecule has 3 aromatic rings. The number of rotatable bonds is 10. The van der Waals surface area contributed by atoms with Crippen LogP contribution >= 0.6 is 0 Å². The lowest BCUT2D eigenvalue weighted by molar-refractivity contribution is -0.145. The number of benzene rings is 2. The number of ether oxygens (including phenoxy) is 2. The smallest absolute Gasteiger partial charge is 0.253 e. The topological polar surface area (TPSA) is 63.7 Å². The van der Waals surface area contributed by atoms with Gasteiger partial charge in [0.25, 0.3) is 5.91 Å². The third-order valence-corrected chi connectivity index (χ3v) is 8.26. The van der Waals surface area contributed by atoms with Gasteiger partial charge in [0.05, 0.1) is 6.61 Å². The lowest BCUT2D eigenvalue weighted by Gasteiger charge is -2.33. The van der Waals surface area contributed by atoms with Gasteiger partial charge in [-0.2, -0.15) is 0 Å². The normalized spacial score (nSPS) is 20.5. The van der Waals surface area contributed by atoms with Crippen molar-refractivity contribution in [2.75, 3.05) is 40.0 Å². The van der Waals surface area contributed by atoms with Crippen molar-refractivity contribution >= 4 is 11.5 Å².